The van der Waals surface area contributed by atoms with E-state index in [1.54, 1.807) is 12.1 Å². The molecule has 7 nitrogen and oxygen atoms in total. The Morgan fingerprint density at radius 1 is 1.16 bits per heavy atom. The molecule has 1 heterocycles. The van der Waals surface area contributed by atoms with Gasteiger partial charge in [-0.25, -0.2) is 13.1 Å². The molecule has 0 saturated heterocycles. The Balaban J connectivity index is 1.37. The second-order valence-electron chi connectivity index (χ2n) is 8.95. The van der Waals surface area contributed by atoms with Crippen LogP contribution in [-0.2, 0) is 41.1 Å². The molecule has 0 bridgehead atoms. The Kier molecular flexibility index (Phi) is 6.21. The summed E-state index contributed by atoms with van der Waals surface area (Å²) in [5.41, 5.74) is 5.21. The molecule has 0 spiro atoms. The number of carbonyl (C=O) groups is 1. The van der Waals surface area contributed by atoms with Gasteiger partial charge in [0, 0.05) is 31.2 Å². The van der Waals surface area contributed by atoms with Gasteiger partial charge in [-0.3, -0.25) is 9.48 Å². The summed E-state index contributed by atoms with van der Waals surface area (Å²) in [7, 11) is -1.70. The molecule has 1 saturated carbocycles. The van der Waals surface area contributed by atoms with Gasteiger partial charge in [0.2, 0.25) is 15.9 Å². The average molecular weight is 445 g/mol. The van der Waals surface area contributed by atoms with Crippen molar-refractivity contribution < 1.29 is 13.2 Å². The van der Waals surface area contributed by atoms with Crippen LogP contribution in [0, 0.1) is 19.8 Å². The molecule has 1 aromatic carbocycles. The summed E-state index contributed by atoms with van der Waals surface area (Å²) < 4.78 is 30.2. The molecule has 2 aliphatic carbocycles. The minimum Gasteiger partial charge on any atom is -0.352 e. The summed E-state index contributed by atoms with van der Waals surface area (Å²) in [4.78, 5) is 12.7. The first kappa shape index (κ1) is 22.0. The third-order valence-electron chi connectivity index (χ3n) is 6.82. The number of sulfonamides is 1. The van der Waals surface area contributed by atoms with Gasteiger partial charge in [-0.1, -0.05) is 18.9 Å². The zero-order chi connectivity index (χ0) is 22.2. The second-order valence-corrected chi connectivity index (χ2v) is 10.7. The van der Waals surface area contributed by atoms with Crippen LogP contribution in [-0.4, -0.2) is 36.7 Å². The van der Waals surface area contributed by atoms with Crippen molar-refractivity contribution in [1.82, 2.24) is 19.8 Å². The van der Waals surface area contributed by atoms with Crippen molar-refractivity contribution in [2.45, 2.75) is 69.7 Å². The van der Waals surface area contributed by atoms with Crippen LogP contribution in [0.25, 0.3) is 0 Å². The van der Waals surface area contributed by atoms with Gasteiger partial charge in [-0.2, -0.15) is 5.10 Å². The highest BCUT2D eigenvalue weighted by atomic mass is 32.2. The number of amides is 1. The topological polar surface area (TPSA) is 93.1 Å². The van der Waals surface area contributed by atoms with Crippen LogP contribution in [0.4, 0.5) is 0 Å². The highest BCUT2D eigenvalue weighted by Gasteiger charge is 2.29. The lowest BCUT2D eigenvalue weighted by Gasteiger charge is -2.15. The summed E-state index contributed by atoms with van der Waals surface area (Å²) in [6.45, 7) is 4.26. The van der Waals surface area contributed by atoms with Crippen molar-refractivity contribution in [3.8, 4) is 0 Å². The van der Waals surface area contributed by atoms with Crippen LogP contribution in [0.3, 0.4) is 0 Å². The number of nitrogens with zero attached hydrogens (tertiary/aromatic N) is 2. The van der Waals surface area contributed by atoms with Crippen LogP contribution < -0.4 is 10.0 Å². The van der Waals surface area contributed by atoms with Crippen molar-refractivity contribution in [3.63, 3.8) is 0 Å². The zero-order valence-corrected chi connectivity index (χ0v) is 19.4. The normalized spacial score (nSPS) is 19.0. The third kappa shape index (κ3) is 4.70. The maximum Gasteiger partial charge on any atom is 0.240 e. The Labute approximate surface area is 184 Å². The number of hydrogen-bond acceptors (Lipinski definition) is 4. The molecule has 0 radical (unpaired) electrons. The van der Waals surface area contributed by atoms with Gasteiger partial charge in [-0.15, -0.1) is 0 Å². The van der Waals surface area contributed by atoms with E-state index in [9.17, 15) is 13.2 Å². The largest absolute Gasteiger partial charge is 0.352 e. The second kappa shape index (κ2) is 8.74. The quantitative estimate of drug-likeness (QED) is 0.686. The predicted molar refractivity (Wildman–Crippen MR) is 119 cm³/mol. The molecule has 168 valence electrons. The van der Waals surface area contributed by atoms with Crippen LogP contribution in [0.2, 0.25) is 0 Å². The fourth-order valence-electron chi connectivity index (χ4n) is 4.94. The van der Waals surface area contributed by atoms with Crippen molar-refractivity contribution in [2.75, 3.05) is 6.54 Å². The number of rotatable bonds is 7. The van der Waals surface area contributed by atoms with E-state index in [1.165, 1.54) is 0 Å². The van der Waals surface area contributed by atoms with Gasteiger partial charge < -0.3 is 5.32 Å². The lowest BCUT2D eigenvalue weighted by molar-refractivity contribution is -0.125. The molecule has 1 unspecified atom stereocenters. The highest BCUT2D eigenvalue weighted by Crippen LogP contribution is 2.28. The van der Waals surface area contributed by atoms with Gasteiger partial charge >= 0.3 is 0 Å². The van der Waals surface area contributed by atoms with E-state index in [-0.39, 0.29) is 22.8 Å². The fraction of sp³-hybridized carbons (Fsp3) is 0.565. The molecule has 2 aromatic rings. The van der Waals surface area contributed by atoms with Gasteiger partial charge in [0.15, 0.2) is 0 Å². The number of nitrogens with one attached hydrogen (secondary N) is 2. The highest BCUT2D eigenvalue weighted by molar-refractivity contribution is 7.89. The summed E-state index contributed by atoms with van der Waals surface area (Å²) in [6, 6.07) is 5.38. The first-order chi connectivity index (χ1) is 14.7. The number of benzene rings is 1. The van der Waals surface area contributed by atoms with E-state index in [4.69, 9.17) is 0 Å². The standard InChI is InChI=1S/C23H32N4O3S/c1-15-22(16(2)27(3)26-15)10-11-24-31(29,30)21-9-8-18-12-20(13-19(18)14-21)25-23(28)17-6-4-5-7-17/h8-9,14,17,20,24H,4-7,10-13H2,1-3H3,(H,25,28). The van der Waals surface area contributed by atoms with Crippen molar-refractivity contribution >= 4 is 15.9 Å². The van der Waals surface area contributed by atoms with Gasteiger partial charge in [0.25, 0.3) is 0 Å². The van der Waals surface area contributed by atoms with E-state index in [2.05, 4.69) is 15.1 Å². The van der Waals surface area contributed by atoms with E-state index in [0.29, 0.717) is 19.4 Å². The number of hydrogen-bond donors (Lipinski definition) is 2. The maximum atomic E-state index is 12.8. The van der Waals surface area contributed by atoms with Crippen LogP contribution in [0.15, 0.2) is 23.1 Å². The molecule has 8 heteroatoms. The third-order valence-corrected chi connectivity index (χ3v) is 8.28. The molecule has 31 heavy (non-hydrogen) atoms. The minimum absolute atomic E-state index is 0.0607. The lowest BCUT2D eigenvalue weighted by Crippen LogP contribution is -2.38. The van der Waals surface area contributed by atoms with Crippen LogP contribution in [0.5, 0.6) is 0 Å². The molecule has 1 fully saturated rings. The molecular weight excluding hydrogens is 412 g/mol. The Hall–Kier alpha value is -2.19. The molecular formula is C23H32N4O3S. The Morgan fingerprint density at radius 3 is 2.55 bits per heavy atom. The predicted octanol–water partition coefficient (Wildman–Crippen LogP) is 2.33. The maximum absolute atomic E-state index is 12.8. The molecule has 4 rings (SSSR count). The van der Waals surface area contributed by atoms with E-state index in [1.807, 2.05) is 31.6 Å². The number of aryl methyl sites for hydroxylation is 2. The summed E-state index contributed by atoms with van der Waals surface area (Å²) in [6.07, 6.45) is 6.29. The average Bonchev–Trinajstić information content (AvgIpc) is 3.43. The summed E-state index contributed by atoms with van der Waals surface area (Å²) >= 11 is 0. The molecule has 1 amide bonds. The first-order valence-electron chi connectivity index (χ1n) is 11.2. The fourth-order valence-corrected chi connectivity index (χ4v) is 6.03. The number of aromatic nitrogens is 2. The first-order valence-corrected chi connectivity index (χ1v) is 12.6. The minimum atomic E-state index is -3.59. The molecule has 0 aliphatic heterocycles. The Morgan fingerprint density at radius 2 is 1.87 bits per heavy atom. The summed E-state index contributed by atoms with van der Waals surface area (Å²) in [5, 5.41) is 7.56. The van der Waals surface area contributed by atoms with Gasteiger partial charge in [-0.05, 0) is 74.8 Å². The monoisotopic (exact) mass is 444 g/mol. The molecule has 1 aromatic heterocycles. The Bertz CT molecular complexity index is 1080. The molecule has 2 N–H and O–H groups in total. The molecule has 2 aliphatic rings. The van der Waals surface area contributed by atoms with Gasteiger partial charge in [0.05, 0.1) is 10.6 Å². The van der Waals surface area contributed by atoms with Crippen molar-refractivity contribution in [3.05, 3.63) is 46.3 Å². The van der Waals surface area contributed by atoms with E-state index in [0.717, 1.165) is 60.2 Å². The van der Waals surface area contributed by atoms with Crippen LogP contribution in [0.1, 0.15) is 53.8 Å². The van der Waals surface area contributed by atoms with E-state index < -0.39 is 10.0 Å². The number of fused-ring (bicyclic) bond motifs is 1. The van der Waals surface area contributed by atoms with Crippen molar-refractivity contribution in [1.29, 1.82) is 0 Å². The zero-order valence-electron chi connectivity index (χ0n) is 18.6. The van der Waals surface area contributed by atoms with Crippen molar-refractivity contribution in [2.24, 2.45) is 13.0 Å². The van der Waals surface area contributed by atoms with E-state index >= 15 is 0 Å². The smallest absolute Gasteiger partial charge is 0.240 e. The lowest BCUT2D eigenvalue weighted by atomic mass is 10.1. The van der Waals surface area contributed by atoms with Crippen LogP contribution >= 0.6 is 0 Å². The molecule has 1 atom stereocenters. The SMILES string of the molecule is Cc1nn(C)c(C)c1CCNS(=O)(=O)c1ccc2c(c1)CC(NC(=O)C1CCCC1)C2. The van der Waals surface area contributed by atoms with Gasteiger partial charge in [0.1, 0.15) is 0 Å². The number of carbonyl (C=O) groups excluding carboxylic acids is 1. The summed E-state index contributed by atoms with van der Waals surface area (Å²) in [5.74, 6) is 0.307.